The zero-order valence-electron chi connectivity index (χ0n) is 16.8. The van der Waals surface area contributed by atoms with Gasteiger partial charge in [-0.15, -0.1) is 0 Å². The molecule has 1 aromatic heterocycles. The van der Waals surface area contributed by atoms with Crippen LogP contribution in [0, 0.1) is 11.6 Å². The molecule has 0 spiro atoms. The maximum atomic E-state index is 13.5. The minimum atomic E-state index is -1.03. The molecule has 1 amide bonds. The number of nitrogens with one attached hydrogen (secondary N) is 2. The van der Waals surface area contributed by atoms with Crippen LogP contribution in [-0.4, -0.2) is 34.9 Å². The monoisotopic (exact) mass is 409 g/mol. The Bertz CT molecular complexity index is 1090. The van der Waals surface area contributed by atoms with Gasteiger partial charge in [0.15, 0.2) is 11.6 Å². The Kier molecular flexibility index (Phi) is 5.03. The first-order valence-corrected chi connectivity index (χ1v) is 10.7. The maximum Gasteiger partial charge on any atom is 0.255 e. The minimum absolute atomic E-state index is 0.0907. The van der Waals surface area contributed by atoms with Crippen LogP contribution >= 0.6 is 0 Å². The lowest BCUT2D eigenvalue weighted by atomic mass is 9.82. The quantitative estimate of drug-likeness (QED) is 0.606. The molecule has 2 atom stereocenters. The third kappa shape index (κ3) is 3.60. The summed E-state index contributed by atoms with van der Waals surface area (Å²) in [5.74, 6) is -1.94. The van der Waals surface area contributed by atoms with E-state index < -0.39 is 17.5 Å². The summed E-state index contributed by atoms with van der Waals surface area (Å²) in [6.45, 7) is 2.37. The van der Waals surface area contributed by atoms with Crippen LogP contribution < -0.4 is 5.32 Å². The van der Waals surface area contributed by atoms with E-state index in [1.165, 1.54) is 43.9 Å². The van der Waals surface area contributed by atoms with Gasteiger partial charge in [0, 0.05) is 34.4 Å². The number of carbonyl (C=O) groups excluding carboxylic acids is 1. The van der Waals surface area contributed by atoms with Crippen molar-refractivity contribution >= 4 is 22.5 Å². The van der Waals surface area contributed by atoms with Crippen molar-refractivity contribution in [3.05, 3.63) is 65.4 Å². The predicted molar refractivity (Wildman–Crippen MR) is 114 cm³/mol. The van der Waals surface area contributed by atoms with E-state index in [0.717, 1.165) is 36.0 Å². The van der Waals surface area contributed by atoms with Gasteiger partial charge in [-0.05, 0) is 86.7 Å². The number of rotatable bonds is 3. The molecule has 30 heavy (non-hydrogen) atoms. The number of hydrogen-bond donors (Lipinski definition) is 2. The molecular formula is C24H25F2N3O. The SMILES string of the molecule is O=C(Nc1ccc2[nH]cc(C3CCN4CCCCC4C3)c2c1)c1ccc(F)c(F)c1. The third-order valence-corrected chi connectivity index (χ3v) is 6.66. The van der Waals surface area contributed by atoms with E-state index in [9.17, 15) is 13.6 Å². The number of fused-ring (bicyclic) bond motifs is 2. The van der Waals surface area contributed by atoms with Crippen molar-refractivity contribution in [3.8, 4) is 0 Å². The fourth-order valence-corrected chi connectivity index (χ4v) is 5.07. The van der Waals surface area contributed by atoms with Crippen molar-refractivity contribution in [1.29, 1.82) is 0 Å². The van der Waals surface area contributed by atoms with Gasteiger partial charge < -0.3 is 15.2 Å². The number of hydrogen-bond acceptors (Lipinski definition) is 2. The van der Waals surface area contributed by atoms with Crippen LogP contribution in [0.2, 0.25) is 0 Å². The summed E-state index contributed by atoms with van der Waals surface area (Å²) in [7, 11) is 0. The topological polar surface area (TPSA) is 48.1 Å². The first-order valence-electron chi connectivity index (χ1n) is 10.7. The lowest BCUT2D eigenvalue weighted by Gasteiger charge is -2.42. The number of nitrogens with zero attached hydrogens (tertiary/aromatic N) is 1. The highest BCUT2D eigenvalue weighted by Crippen LogP contribution is 2.38. The molecule has 4 nitrogen and oxygen atoms in total. The van der Waals surface area contributed by atoms with E-state index in [1.54, 1.807) is 0 Å². The predicted octanol–water partition coefficient (Wildman–Crippen LogP) is 5.43. The molecule has 0 aliphatic carbocycles. The maximum absolute atomic E-state index is 13.5. The van der Waals surface area contributed by atoms with E-state index in [-0.39, 0.29) is 5.56 Å². The molecule has 2 aliphatic heterocycles. The molecule has 2 N–H and O–H groups in total. The van der Waals surface area contributed by atoms with Crippen LogP contribution in [0.1, 0.15) is 53.9 Å². The number of carbonyl (C=O) groups is 1. The van der Waals surface area contributed by atoms with Crippen molar-refractivity contribution in [2.45, 2.75) is 44.1 Å². The van der Waals surface area contributed by atoms with E-state index in [4.69, 9.17) is 0 Å². The van der Waals surface area contributed by atoms with Crippen LogP contribution in [0.5, 0.6) is 0 Å². The standard InChI is InChI=1S/C24H25F2N3O/c25-21-6-4-16(12-22(21)26)24(30)28-17-5-7-23-19(13-17)20(14-27-23)15-8-10-29-9-2-1-3-18(29)11-15/h4-7,12-15,18,27H,1-3,8-11H2,(H,28,30). The fraction of sp³-hybridized carbons (Fsp3) is 0.375. The summed E-state index contributed by atoms with van der Waals surface area (Å²) in [6, 6.07) is 9.61. The Morgan fingerprint density at radius 2 is 1.93 bits per heavy atom. The van der Waals surface area contributed by atoms with Gasteiger partial charge in [0.2, 0.25) is 0 Å². The Labute approximate surface area is 174 Å². The molecule has 3 aromatic rings. The molecule has 2 unspecified atom stereocenters. The summed E-state index contributed by atoms with van der Waals surface area (Å²) in [5.41, 5.74) is 3.09. The van der Waals surface area contributed by atoms with Gasteiger partial charge in [-0.2, -0.15) is 0 Å². The van der Waals surface area contributed by atoms with Gasteiger partial charge in [0.1, 0.15) is 0 Å². The number of aromatic nitrogens is 1. The van der Waals surface area contributed by atoms with E-state index in [1.807, 2.05) is 18.2 Å². The second kappa shape index (κ2) is 7.84. The fourth-order valence-electron chi connectivity index (χ4n) is 5.07. The highest BCUT2D eigenvalue weighted by atomic mass is 19.2. The van der Waals surface area contributed by atoms with Crippen LogP contribution in [0.15, 0.2) is 42.6 Å². The zero-order chi connectivity index (χ0) is 20.7. The Balaban J connectivity index is 1.38. The molecule has 0 bridgehead atoms. The van der Waals surface area contributed by atoms with E-state index in [0.29, 0.717) is 17.6 Å². The number of H-pyrrole nitrogens is 1. The van der Waals surface area contributed by atoms with Gasteiger partial charge in [-0.25, -0.2) is 8.78 Å². The van der Waals surface area contributed by atoms with Crippen LogP contribution in [-0.2, 0) is 0 Å². The highest BCUT2D eigenvalue weighted by Gasteiger charge is 2.31. The molecule has 2 aliphatic rings. The van der Waals surface area contributed by atoms with Gasteiger partial charge in [0.05, 0.1) is 0 Å². The Hall–Kier alpha value is -2.73. The van der Waals surface area contributed by atoms with E-state index >= 15 is 0 Å². The molecule has 2 aromatic carbocycles. The summed E-state index contributed by atoms with van der Waals surface area (Å²) in [5, 5.41) is 3.93. The molecule has 6 heteroatoms. The molecule has 0 saturated carbocycles. The first kappa shape index (κ1) is 19.2. The van der Waals surface area contributed by atoms with Crippen molar-refractivity contribution < 1.29 is 13.6 Å². The first-order chi connectivity index (χ1) is 14.6. The van der Waals surface area contributed by atoms with Gasteiger partial charge in [-0.1, -0.05) is 6.42 Å². The third-order valence-electron chi connectivity index (χ3n) is 6.66. The molecule has 0 radical (unpaired) electrons. The van der Waals surface area contributed by atoms with Crippen LogP contribution in [0.3, 0.4) is 0 Å². The average Bonchev–Trinajstić information content (AvgIpc) is 3.18. The van der Waals surface area contributed by atoms with Gasteiger partial charge in [-0.3, -0.25) is 4.79 Å². The molecular weight excluding hydrogens is 384 g/mol. The number of aromatic amines is 1. The van der Waals surface area contributed by atoms with Crippen molar-refractivity contribution in [2.24, 2.45) is 0 Å². The summed E-state index contributed by atoms with van der Waals surface area (Å²) in [4.78, 5) is 18.5. The second-order valence-corrected chi connectivity index (χ2v) is 8.49. The number of amides is 1. The number of benzene rings is 2. The largest absolute Gasteiger partial charge is 0.361 e. The molecule has 156 valence electrons. The number of anilines is 1. The van der Waals surface area contributed by atoms with E-state index in [2.05, 4.69) is 21.4 Å². The minimum Gasteiger partial charge on any atom is -0.361 e. The van der Waals surface area contributed by atoms with Crippen molar-refractivity contribution in [1.82, 2.24) is 9.88 Å². The molecule has 2 saturated heterocycles. The number of halogens is 2. The summed E-state index contributed by atoms with van der Waals surface area (Å²) < 4.78 is 26.6. The second-order valence-electron chi connectivity index (χ2n) is 8.49. The average molecular weight is 409 g/mol. The van der Waals surface area contributed by atoms with Crippen molar-refractivity contribution in [3.63, 3.8) is 0 Å². The lowest BCUT2D eigenvalue weighted by Crippen LogP contribution is -2.44. The van der Waals surface area contributed by atoms with Crippen LogP contribution in [0.25, 0.3) is 10.9 Å². The molecule has 2 fully saturated rings. The molecule has 3 heterocycles. The lowest BCUT2D eigenvalue weighted by molar-refractivity contribution is 0.0977. The summed E-state index contributed by atoms with van der Waals surface area (Å²) >= 11 is 0. The Morgan fingerprint density at radius 3 is 2.80 bits per heavy atom. The smallest absolute Gasteiger partial charge is 0.255 e. The highest BCUT2D eigenvalue weighted by molar-refractivity contribution is 6.05. The van der Waals surface area contributed by atoms with Crippen LogP contribution in [0.4, 0.5) is 14.5 Å². The normalized spacial score (nSPS) is 22.1. The Morgan fingerprint density at radius 1 is 1.03 bits per heavy atom. The van der Waals surface area contributed by atoms with Gasteiger partial charge >= 0.3 is 0 Å². The zero-order valence-corrected chi connectivity index (χ0v) is 16.8. The molecule has 5 rings (SSSR count). The van der Waals surface area contributed by atoms with Gasteiger partial charge in [0.25, 0.3) is 5.91 Å². The number of piperidine rings is 2. The van der Waals surface area contributed by atoms with Crippen molar-refractivity contribution in [2.75, 3.05) is 18.4 Å². The summed E-state index contributed by atoms with van der Waals surface area (Å²) in [6.07, 6.45) is 8.35.